The number of benzene rings is 2. The highest BCUT2D eigenvalue weighted by Crippen LogP contribution is 2.25. The number of aromatic hydroxyl groups is 2. The molecule has 0 saturated heterocycles. The Morgan fingerprint density at radius 1 is 0.815 bits per heavy atom. The molecule has 0 fully saturated rings. The monoisotopic (exact) mass is 368 g/mol. The number of phenolic OH excluding ortho intramolecular Hbond substituents is 2. The molecule has 0 aromatic heterocycles. The third kappa shape index (κ3) is 5.74. The minimum atomic E-state index is -0.363. The number of allylic oxidation sites excluding steroid dienone is 2. The summed E-state index contributed by atoms with van der Waals surface area (Å²) < 4.78 is 10.3. The molecule has 0 spiro atoms. The van der Waals surface area contributed by atoms with Crippen molar-refractivity contribution >= 4 is 23.7 Å². The maximum Gasteiger partial charge on any atom is 0.163 e. The highest BCUT2D eigenvalue weighted by Gasteiger charge is 2.07. The summed E-state index contributed by atoms with van der Waals surface area (Å²) in [6.45, 7) is 0. The van der Waals surface area contributed by atoms with E-state index >= 15 is 0 Å². The number of ketones is 2. The molecule has 2 aromatic rings. The van der Waals surface area contributed by atoms with Crippen LogP contribution in [0.3, 0.4) is 0 Å². The number of carbonyl (C=O) groups excluding carboxylic acids is 2. The van der Waals surface area contributed by atoms with Gasteiger partial charge in [0.1, 0.15) is 23.0 Å². The fraction of sp³-hybridized carbons (Fsp3) is 0.143. The maximum absolute atomic E-state index is 12.0. The van der Waals surface area contributed by atoms with E-state index in [4.69, 9.17) is 9.47 Å². The average molecular weight is 368 g/mol. The van der Waals surface area contributed by atoms with Crippen molar-refractivity contribution in [2.45, 2.75) is 6.42 Å². The number of hydrogen-bond donors (Lipinski definition) is 2. The Kier molecular flexibility index (Phi) is 6.77. The third-order valence-corrected chi connectivity index (χ3v) is 3.68. The number of methoxy groups -OCH3 is 2. The van der Waals surface area contributed by atoms with Crippen molar-refractivity contribution in [1.82, 2.24) is 0 Å². The van der Waals surface area contributed by atoms with Gasteiger partial charge in [0.05, 0.1) is 20.6 Å². The van der Waals surface area contributed by atoms with Gasteiger partial charge in [-0.25, -0.2) is 0 Å². The SMILES string of the molecule is COc1cc(O)ccc1/C=C/C(=O)CC(=O)/C=C/c1ccc(O)cc1OC. The van der Waals surface area contributed by atoms with Crippen LogP contribution in [0.5, 0.6) is 23.0 Å². The van der Waals surface area contributed by atoms with Gasteiger partial charge in [0, 0.05) is 23.3 Å². The summed E-state index contributed by atoms with van der Waals surface area (Å²) in [5, 5.41) is 18.8. The molecule has 140 valence electrons. The second-order valence-electron chi connectivity index (χ2n) is 5.63. The molecule has 0 saturated carbocycles. The van der Waals surface area contributed by atoms with E-state index in [1.807, 2.05) is 0 Å². The first-order chi connectivity index (χ1) is 12.9. The summed E-state index contributed by atoms with van der Waals surface area (Å²) in [5.74, 6) is 0.227. The van der Waals surface area contributed by atoms with Crippen LogP contribution in [-0.4, -0.2) is 36.0 Å². The summed E-state index contributed by atoms with van der Waals surface area (Å²) in [6, 6.07) is 9.04. The van der Waals surface area contributed by atoms with Gasteiger partial charge < -0.3 is 19.7 Å². The predicted octanol–water partition coefficient (Wildman–Crippen LogP) is 3.37. The van der Waals surface area contributed by atoms with Crippen LogP contribution in [0.4, 0.5) is 0 Å². The number of rotatable bonds is 8. The molecule has 2 N–H and O–H groups in total. The molecule has 6 heteroatoms. The first-order valence-electron chi connectivity index (χ1n) is 8.08. The molecule has 27 heavy (non-hydrogen) atoms. The molecule has 0 aliphatic heterocycles. The van der Waals surface area contributed by atoms with Crippen LogP contribution in [0.25, 0.3) is 12.2 Å². The fourth-order valence-electron chi connectivity index (χ4n) is 2.33. The molecule has 2 aromatic carbocycles. The van der Waals surface area contributed by atoms with Crippen molar-refractivity contribution in [2.24, 2.45) is 0 Å². The van der Waals surface area contributed by atoms with Gasteiger partial charge in [0.2, 0.25) is 0 Å². The standard InChI is InChI=1S/C21H20O6/c1-26-20-12-18(24)9-5-14(20)3-7-16(22)11-17(23)8-4-15-6-10-19(25)13-21(15)27-2/h3-10,12-13,24-25H,11H2,1-2H3/b7-3+,8-4+. The quantitative estimate of drug-likeness (QED) is 0.548. The normalized spacial score (nSPS) is 11.0. The van der Waals surface area contributed by atoms with E-state index in [0.29, 0.717) is 22.6 Å². The Hall–Kier alpha value is -3.54. The molecule has 0 aliphatic rings. The fourth-order valence-corrected chi connectivity index (χ4v) is 2.33. The lowest BCUT2D eigenvalue weighted by Crippen LogP contribution is -2.02. The molecule has 0 amide bonds. The molecule has 0 bridgehead atoms. The minimum Gasteiger partial charge on any atom is -0.508 e. The van der Waals surface area contributed by atoms with Gasteiger partial charge >= 0.3 is 0 Å². The number of hydrogen-bond acceptors (Lipinski definition) is 6. The van der Waals surface area contributed by atoms with Crippen LogP contribution in [0.2, 0.25) is 0 Å². The summed E-state index contributed by atoms with van der Waals surface area (Å²) in [4.78, 5) is 24.0. The molecule has 2 rings (SSSR count). The Morgan fingerprint density at radius 3 is 1.59 bits per heavy atom. The van der Waals surface area contributed by atoms with Crippen LogP contribution in [-0.2, 0) is 9.59 Å². The van der Waals surface area contributed by atoms with Crippen LogP contribution in [0.15, 0.2) is 48.6 Å². The largest absolute Gasteiger partial charge is 0.508 e. The van der Waals surface area contributed by atoms with E-state index in [-0.39, 0.29) is 29.5 Å². The van der Waals surface area contributed by atoms with Crippen molar-refractivity contribution in [3.8, 4) is 23.0 Å². The number of ether oxygens (including phenoxy) is 2. The Balaban J connectivity index is 2.01. The van der Waals surface area contributed by atoms with Crippen molar-refractivity contribution in [1.29, 1.82) is 0 Å². The van der Waals surface area contributed by atoms with E-state index in [0.717, 1.165) is 0 Å². The van der Waals surface area contributed by atoms with Gasteiger partial charge in [-0.05, 0) is 48.6 Å². The van der Waals surface area contributed by atoms with E-state index in [2.05, 4.69) is 0 Å². The van der Waals surface area contributed by atoms with Crippen molar-refractivity contribution in [3.63, 3.8) is 0 Å². The first kappa shape index (κ1) is 19.8. The lowest BCUT2D eigenvalue weighted by atomic mass is 10.1. The lowest BCUT2D eigenvalue weighted by Gasteiger charge is -2.05. The second kappa shape index (κ2) is 9.24. The summed E-state index contributed by atoms with van der Waals surface area (Å²) >= 11 is 0. The van der Waals surface area contributed by atoms with Gasteiger partial charge in [0.15, 0.2) is 11.6 Å². The lowest BCUT2D eigenvalue weighted by molar-refractivity contribution is -0.121. The molecular weight excluding hydrogens is 348 g/mol. The zero-order valence-electron chi connectivity index (χ0n) is 15.0. The highest BCUT2D eigenvalue weighted by molar-refractivity contribution is 6.11. The molecule has 0 radical (unpaired) electrons. The topological polar surface area (TPSA) is 93.1 Å². The van der Waals surface area contributed by atoms with E-state index in [1.165, 1.54) is 62.8 Å². The Labute approximate surface area is 157 Å². The number of phenols is 2. The molecule has 0 heterocycles. The molecule has 6 nitrogen and oxygen atoms in total. The predicted molar refractivity (Wildman–Crippen MR) is 102 cm³/mol. The first-order valence-corrected chi connectivity index (χ1v) is 8.08. The molecule has 0 unspecified atom stereocenters. The molecule has 0 aliphatic carbocycles. The Bertz CT molecular complexity index is 822. The van der Waals surface area contributed by atoms with Gasteiger partial charge in [-0.3, -0.25) is 9.59 Å². The smallest absolute Gasteiger partial charge is 0.163 e. The maximum atomic E-state index is 12.0. The average Bonchev–Trinajstić information content (AvgIpc) is 2.65. The van der Waals surface area contributed by atoms with Crippen molar-refractivity contribution in [2.75, 3.05) is 14.2 Å². The third-order valence-electron chi connectivity index (χ3n) is 3.68. The van der Waals surface area contributed by atoms with Crippen molar-refractivity contribution in [3.05, 3.63) is 59.7 Å². The van der Waals surface area contributed by atoms with Gasteiger partial charge in [0.25, 0.3) is 0 Å². The van der Waals surface area contributed by atoms with Crippen LogP contribution in [0.1, 0.15) is 17.5 Å². The molecular formula is C21H20O6. The minimum absolute atomic E-state index is 0.0558. The van der Waals surface area contributed by atoms with Crippen LogP contribution >= 0.6 is 0 Å². The van der Waals surface area contributed by atoms with E-state index in [1.54, 1.807) is 12.1 Å². The summed E-state index contributed by atoms with van der Waals surface area (Å²) in [5.41, 5.74) is 1.22. The highest BCUT2D eigenvalue weighted by atomic mass is 16.5. The van der Waals surface area contributed by atoms with Crippen molar-refractivity contribution < 1.29 is 29.3 Å². The Morgan fingerprint density at radius 2 is 1.22 bits per heavy atom. The van der Waals surface area contributed by atoms with E-state index < -0.39 is 0 Å². The van der Waals surface area contributed by atoms with Crippen LogP contribution in [0, 0.1) is 0 Å². The zero-order chi connectivity index (χ0) is 19.8. The van der Waals surface area contributed by atoms with Gasteiger partial charge in [-0.1, -0.05) is 0 Å². The second-order valence-corrected chi connectivity index (χ2v) is 5.63. The van der Waals surface area contributed by atoms with E-state index in [9.17, 15) is 19.8 Å². The zero-order valence-corrected chi connectivity index (χ0v) is 15.0. The summed E-state index contributed by atoms with van der Waals surface area (Å²) in [6.07, 6.45) is 5.36. The van der Waals surface area contributed by atoms with Gasteiger partial charge in [-0.15, -0.1) is 0 Å². The summed E-state index contributed by atoms with van der Waals surface area (Å²) in [7, 11) is 2.92. The molecule has 0 atom stereocenters. The number of carbonyl (C=O) groups is 2. The van der Waals surface area contributed by atoms with Crippen LogP contribution < -0.4 is 9.47 Å². The van der Waals surface area contributed by atoms with Gasteiger partial charge in [-0.2, -0.15) is 0 Å².